The van der Waals surface area contributed by atoms with Gasteiger partial charge in [-0.3, -0.25) is 39.3 Å². The number of carbonyl (C=O) groups excluding carboxylic acids is 6. The highest BCUT2D eigenvalue weighted by molar-refractivity contribution is 7.86. The summed E-state index contributed by atoms with van der Waals surface area (Å²) in [6.07, 6.45) is 5.18. The second kappa shape index (κ2) is 32.2. The number of nitrogens with one attached hydrogen (secondary N) is 7. The standard InChI is InChI=1S/C57H70N10O13S/c1-57(2,23-11-12-28-80-52-34-44(40-15-5-3-6-16-40)33-45(63-52)41-17-7-4-8-18-41)39-61-54(71)46(64-53(70)43-21-22-49(60-37-43)67-62-38-42-19-9-10-20-48(42)81(74,75)76)35-50(68)58-24-13-26-77-29-31-79-32-30-78-27-14-25-59-51(69)36-47-55(72)66-56(73)65-47/h3-10,15-22,33-34,37-38,46-47H,11-14,23-32,35-36,39H2,1-2H3,(H,58,68)(H,59,69)(H,60,67)(H,61,71)(H,64,70)(H,74,75,76)(H2,65,66,72,73)/b62-38-. The Morgan fingerprint density at radius 3 is 2.02 bits per heavy atom. The Hall–Kier alpha value is -8.16. The van der Waals surface area contributed by atoms with Crippen LogP contribution in [0.3, 0.4) is 0 Å². The summed E-state index contributed by atoms with van der Waals surface area (Å²) >= 11 is 0. The molecule has 1 aliphatic rings. The Kier molecular flexibility index (Phi) is 24.7. The van der Waals surface area contributed by atoms with Crippen LogP contribution in [0.15, 0.2) is 125 Å². The number of hydrogen-bond acceptors (Lipinski definition) is 16. The van der Waals surface area contributed by atoms with Gasteiger partial charge in [0.15, 0.2) is 0 Å². The van der Waals surface area contributed by atoms with Gasteiger partial charge in [0.2, 0.25) is 23.6 Å². The van der Waals surface area contributed by atoms with Crippen molar-refractivity contribution in [3.8, 4) is 28.3 Å². The highest BCUT2D eigenvalue weighted by Crippen LogP contribution is 2.29. The number of nitrogens with zero attached hydrogens (tertiary/aromatic N) is 3. The summed E-state index contributed by atoms with van der Waals surface area (Å²) in [5, 5.41) is 19.6. The summed E-state index contributed by atoms with van der Waals surface area (Å²) in [5.74, 6) is -1.86. The van der Waals surface area contributed by atoms with Gasteiger partial charge < -0.3 is 45.5 Å². The molecule has 1 aliphatic heterocycles. The molecule has 7 amide bonds. The van der Waals surface area contributed by atoms with E-state index in [-0.39, 0.29) is 59.1 Å². The molecule has 2 unspecified atom stereocenters. The number of amides is 7. The smallest absolute Gasteiger partial charge is 0.322 e. The maximum atomic E-state index is 13.8. The predicted octanol–water partition coefficient (Wildman–Crippen LogP) is 5.04. The van der Waals surface area contributed by atoms with E-state index in [2.05, 4.69) is 53.5 Å². The van der Waals surface area contributed by atoms with Crippen molar-refractivity contribution >= 4 is 57.7 Å². The van der Waals surface area contributed by atoms with Gasteiger partial charge in [0.1, 0.15) is 22.8 Å². The Balaban J connectivity index is 0.924. The van der Waals surface area contributed by atoms with Crippen LogP contribution in [0.25, 0.3) is 22.4 Å². The van der Waals surface area contributed by atoms with Gasteiger partial charge in [0, 0.05) is 56.2 Å². The second-order valence-corrected chi connectivity index (χ2v) is 20.9. The van der Waals surface area contributed by atoms with E-state index in [1.54, 1.807) is 6.07 Å². The molecule has 0 bridgehead atoms. The highest BCUT2D eigenvalue weighted by Gasteiger charge is 2.31. The Labute approximate surface area is 470 Å². The minimum Gasteiger partial charge on any atom is -0.478 e. The lowest BCUT2D eigenvalue weighted by Gasteiger charge is -2.27. The lowest BCUT2D eigenvalue weighted by Crippen LogP contribution is -2.50. The number of rotatable bonds is 35. The third-order valence-electron chi connectivity index (χ3n) is 12.4. The second-order valence-electron chi connectivity index (χ2n) is 19.5. The lowest BCUT2D eigenvalue weighted by atomic mass is 9.87. The van der Waals surface area contributed by atoms with Gasteiger partial charge in [-0.15, -0.1) is 0 Å². The average molecular weight is 1140 g/mol. The number of ether oxygens (including phenoxy) is 4. The van der Waals surface area contributed by atoms with Crippen LogP contribution in [0.2, 0.25) is 0 Å². The summed E-state index contributed by atoms with van der Waals surface area (Å²) in [7, 11) is -4.50. The molecule has 8 N–H and O–H groups in total. The van der Waals surface area contributed by atoms with E-state index in [0.29, 0.717) is 71.5 Å². The van der Waals surface area contributed by atoms with E-state index in [1.807, 2.05) is 80.6 Å². The van der Waals surface area contributed by atoms with Gasteiger partial charge in [-0.2, -0.15) is 13.5 Å². The summed E-state index contributed by atoms with van der Waals surface area (Å²) in [6, 6.07) is 29.8. The fourth-order valence-electron chi connectivity index (χ4n) is 8.05. The third kappa shape index (κ3) is 22.1. The number of imide groups is 1. The minimum absolute atomic E-state index is 0.0834. The van der Waals surface area contributed by atoms with Gasteiger partial charge in [-0.25, -0.2) is 14.8 Å². The van der Waals surface area contributed by atoms with Crippen molar-refractivity contribution in [2.24, 2.45) is 10.5 Å². The van der Waals surface area contributed by atoms with Crippen LogP contribution in [0.1, 0.15) is 74.7 Å². The van der Waals surface area contributed by atoms with Crippen LogP contribution < -0.4 is 42.1 Å². The number of anilines is 1. The van der Waals surface area contributed by atoms with E-state index in [1.165, 1.54) is 42.7 Å². The number of pyridine rings is 2. The molecule has 1 fully saturated rings. The molecule has 5 aromatic rings. The molecule has 3 aromatic carbocycles. The van der Waals surface area contributed by atoms with Crippen molar-refractivity contribution in [3.63, 3.8) is 0 Å². The van der Waals surface area contributed by atoms with E-state index in [0.717, 1.165) is 41.6 Å². The SMILES string of the molecule is CC(C)(CCCCOc1cc(-c2ccccc2)cc(-c2ccccc2)n1)CNC(=O)C(CC(=O)NCCCOCCOCCOCCCNC(=O)CC1NC(=O)NC1=O)NC(=O)c1ccc(N/N=C\c2ccccc2S(=O)(=O)O)nc1. The Morgan fingerprint density at radius 1 is 0.741 bits per heavy atom. The lowest BCUT2D eigenvalue weighted by molar-refractivity contribution is -0.128. The molecule has 23 nitrogen and oxygen atoms in total. The van der Waals surface area contributed by atoms with Crippen molar-refractivity contribution in [3.05, 3.63) is 127 Å². The van der Waals surface area contributed by atoms with Crippen LogP contribution >= 0.6 is 0 Å². The van der Waals surface area contributed by atoms with Crippen molar-refractivity contribution in [2.75, 3.05) is 71.3 Å². The Morgan fingerprint density at radius 2 is 1.38 bits per heavy atom. The maximum absolute atomic E-state index is 13.8. The quantitative estimate of drug-likeness (QED) is 0.00866. The largest absolute Gasteiger partial charge is 0.478 e. The molecule has 3 heterocycles. The van der Waals surface area contributed by atoms with Crippen LogP contribution in [0.5, 0.6) is 5.88 Å². The highest BCUT2D eigenvalue weighted by atomic mass is 32.2. The molecule has 2 atom stereocenters. The van der Waals surface area contributed by atoms with Crippen LogP contribution in [0.4, 0.5) is 10.6 Å². The van der Waals surface area contributed by atoms with Crippen molar-refractivity contribution in [1.82, 2.24) is 41.9 Å². The van der Waals surface area contributed by atoms with Crippen LogP contribution in [-0.4, -0.2) is 143 Å². The van der Waals surface area contributed by atoms with Gasteiger partial charge in [-0.1, -0.05) is 92.7 Å². The number of unbranched alkanes of at least 4 members (excludes halogenated alkanes) is 1. The average Bonchev–Trinajstić information content (AvgIpc) is 3.87. The zero-order valence-corrected chi connectivity index (χ0v) is 46.1. The van der Waals surface area contributed by atoms with Crippen molar-refractivity contribution in [2.45, 2.75) is 75.8 Å². The number of hydrogen-bond donors (Lipinski definition) is 8. The topological polar surface area (TPSA) is 316 Å². The van der Waals surface area contributed by atoms with E-state index in [4.69, 9.17) is 23.9 Å². The molecule has 0 aliphatic carbocycles. The minimum atomic E-state index is -4.50. The molecular formula is C57H70N10O13S. The number of carbonyl (C=O) groups is 6. The molecular weight excluding hydrogens is 1060 g/mol. The number of benzene rings is 3. The first-order chi connectivity index (χ1) is 39.0. The van der Waals surface area contributed by atoms with Gasteiger partial charge in [-0.05, 0) is 72.9 Å². The van der Waals surface area contributed by atoms with Gasteiger partial charge in [0.25, 0.3) is 21.9 Å². The Bertz CT molecular complexity index is 2950. The van der Waals surface area contributed by atoms with Gasteiger partial charge >= 0.3 is 6.03 Å². The molecule has 432 valence electrons. The normalized spacial score (nSPS) is 13.7. The van der Waals surface area contributed by atoms with Gasteiger partial charge in [0.05, 0.1) is 63.3 Å². The first-order valence-electron chi connectivity index (χ1n) is 26.6. The monoisotopic (exact) mass is 1130 g/mol. The molecule has 0 spiro atoms. The molecule has 6 rings (SSSR count). The van der Waals surface area contributed by atoms with Crippen molar-refractivity contribution < 1.29 is 60.7 Å². The fraction of sp³-hybridized carbons (Fsp3) is 0.386. The van der Waals surface area contributed by atoms with Crippen LogP contribution in [-0.2, 0) is 43.5 Å². The first-order valence-corrected chi connectivity index (χ1v) is 28.0. The molecule has 81 heavy (non-hydrogen) atoms. The van der Waals surface area contributed by atoms with E-state index in [9.17, 15) is 41.7 Å². The predicted molar refractivity (Wildman–Crippen MR) is 302 cm³/mol. The summed E-state index contributed by atoms with van der Waals surface area (Å²) in [4.78, 5) is 84.1. The van der Waals surface area contributed by atoms with E-state index >= 15 is 0 Å². The molecule has 1 saturated heterocycles. The molecule has 2 aromatic heterocycles. The molecule has 24 heteroatoms. The van der Waals surface area contributed by atoms with Crippen LogP contribution in [0, 0.1) is 5.41 Å². The zero-order valence-electron chi connectivity index (χ0n) is 45.3. The molecule has 0 radical (unpaired) electrons. The summed E-state index contributed by atoms with van der Waals surface area (Å²) in [6.45, 7) is 7.30. The zero-order chi connectivity index (χ0) is 57.9. The van der Waals surface area contributed by atoms with E-state index < -0.39 is 51.9 Å². The fourth-order valence-corrected chi connectivity index (χ4v) is 8.72. The third-order valence-corrected chi connectivity index (χ3v) is 13.3. The maximum Gasteiger partial charge on any atom is 0.322 e. The first kappa shape index (κ1) is 62.0. The number of hydrazone groups is 1. The number of urea groups is 1. The molecule has 0 saturated carbocycles. The number of aromatic nitrogens is 2. The summed E-state index contributed by atoms with van der Waals surface area (Å²) in [5.41, 5.74) is 6.32. The summed E-state index contributed by atoms with van der Waals surface area (Å²) < 4.78 is 55.9. The van der Waals surface area contributed by atoms with Crippen molar-refractivity contribution in [1.29, 1.82) is 0 Å².